The normalized spacial score (nSPS) is 10.2. The highest BCUT2D eigenvalue weighted by Crippen LogP contribution is 2.06. The number of esters is 1. The van der Waals surface area contributed by atoms with Gasteiger partial charge in [-0.05, 0) is 31.3 Å². The minimum atomic E-state index is -0.304. The second-order valence-corrected chi connectivity index (χ2v) is 4.01. The Hall–Kier alpha value is -1.95. The smallest absolute Gasteiger partial charge is 0.311 e. The zero-order valence-corrected chi connectivity index (χ0v) is 11.8. The third-order valence-corrected chi connectivity index (χ3v) is 2.50. The van der Waals surface area contributed by atoms with Crippen LogP contribution in [0.2, 0.25) is 0 Å². The van der Waals surface area contributed by atoms with Crippen molar-refractivity contribution in [3.8, 4) is 0 Å². The van der Waals surface area contributed by atoms with Crippen LogP contribution >= 0.6 is 12.2 Å². The van der Waals surface area contributed by atoms with Gasteiger partial charge in [0.2, 0.25) is 0 Å². The van der Waals surface area contributed by atoms with Crippen LogP contribution in [0.3, 0.4) is 0 Å². The number of hydrogen-bond acceptors (Lipinski definition) is 4. The van der Waals surface area contributed by atoms with E-state index < -0.39 is 0 Å². The predicted octanol–water partition coefficient (Wildman–Crippen LogP) is 2.25. The average molecular weight is 279 g/mol. The molecule has 5 nitrogen and oxygen atoms in total. The van der Waals surface area contributed by atoms with Gasteiger partial charge in [0.1, 0.15) is 0 Å². The summed E-state index contributed by atoms with van der Waals surface area (Å²) < 4.78 is 4.78. The van der Waals surface area contributed by atoms with Crippen molar-refractivity contribution >= 4 is 35.2 Å². The Bertz CT molecular complexity index is 448. The van der Waals surface area contributed by atoms with Crippen LogP contribution in [0.25, 0.3) is 0 Å². The summed E-state index contributed by atoms with van der Waals surface area (Å²) in [6.07, 6.45) is 1.60. The molecule has 0 fully saturated rings. The molecule has 0 saturated carbocycles. The monoisotopic (exact) mass is 279 g/mol. The molecular formula is C13H17N3O2S. The van der Waals surface area contributed by atoms with Gasteiger partial charge in [0.05, 0.1) is 13.0 Å². The van der Waals surface area contributed by atoms with Gasteiger partial charge in [-0.2, -0.15) is 5.10 Å². The first-order valence-electron chi connectivity index (χ1n) is 5.91. The Morgan fingerprint density at radius 1 is 1.47 bits per heavy atom. The van der Waals surface area contributed by atoms with Crippen LogP contribution in [0, 0.1) is 0 Å². The summed E-state index contributed by atoms with van der Waals surface area (Å²) in [6, 6.07) is 9.56. The van der Waals surface area contributed by atoms with Crippen molar-refractivity contribution < 1.29 is 9.53 Å². The largest absolute Gasteiger partial charge is 0.466 e. The van der Waals surface area contributed by atoms with Crippen LogP contribution in [-0.2, 0) is 9.53 Å². The molecule has 0 atom stereocenters. The molecule has 0 heterocycles. The summed E-state index contributed by atoms with van der Waals surface area (Å²) in [6.45, 7) is 2.14. The lowest BCUT2D eigenvalue weighted by Gasteiger charge is -2.15. The SMILES string of the molecule is CCOC(=O)C/C=N/N(C)C(=S)Nc1ccccc1. The second-order valence-electron chi connectivity index (χ2n) is 3.63. The van der Waals surface area contributed by atoms with Crippen molar-refractivity contribution in [2.24, 2.45) is 5.10 Å². The number of hydrogen-bond donors (Lipinski definition) is 1. The molecular weight excluding hydrogens is 262 g/mol. The second kappa shape index (κ2) is 8.20. The zero-order chi connectivity index (χ0) is 14.1. The number of para-hydroxylation sites is 1. The highest BCUT2D eigenvalue weighted by Gasteiger charge is 2.03. The minimum Gasteiger partial charge on any atom is -0.466 e. The summed E-state index contributed by atoms with van der Waals surface area (Å²) in [5, 5.41) is 9.02. The van der Waals surface area contributed by atoms with E-state index >= 15 is 0 Å². The van der Waals surface area contributed by atoms with E-state index in [2.05, 4.69) is 10.4 Å². The number of hydrazone groups is 1. The number of anilines is 1. The number of nitrogens with zero attached hydrogens (tertiary/aromatic N) is 2. The Morgan fingerprint density at radius 2 is 2.16 bits per heavy atom. The minimum absolute atomic E-state index is 0.131. The molecule has 1 aromatic rings. The van der Waals surface area contributed by atoms with Crippen molar-refractivity contribution in [2.75, 3.05) is 19.0 Å². The molecule has 1 aromatic carbocycles. The van der Waals surface area contributed by atoms with E-state index in [1.54, 1.807) is 14.0 Å². The molecule has 0 bridgehead atoms. The van der Waals surface area contributed by atoms with E-state index in [9.17, 15) is 4.79 Å². The molecule has 0 amide bonds. The molecule has 0 aliphatic rings. The first kappa shape index (κ1) is 15.1. The Kier molecular flexibility index (Phi) is 6.52. The molecule has 0 unspecified atom stereocenters. The van der Waals surface area contributed by atoms with Gasteiger partial charge in [-0.25, -0.2) is 5.01 Å². The van der Waals surface area contributed by atoms with Crippen LogP contribution in [0.4, 0.5) is 5.69 Å². The number of rotatable bonds is 5. The topological polar surface area (TPSA) is 53.9 Å². The van der Waals surface area contributed by atoms with Gasteiger partial charge in [0.25, 0.3) is 0 Å². The summed E-state index contributed by atoms with van der Waals surface area (Å²) in [7, 11) is 1.71. The number of ether oxygens (including phenoxy) is 1. The van der Waals surface area contributed by atoms with Crippen LogP contribution in [-0.4, -0.2) is 36.0 Å². The Labute approximate surface area is 118 Å². The zero-order valence-electron chi connectivity index (χ0n) is 11.0. The fraction of sp³-hybridized carbons (Fsp3) is 0.308. The van der Waals surface area contributed by atoms with Gasteiger partial charge in [0.15, 0.2) is 5.11 Å². The maximum Gasteiger partial charge on any atom is 0.311 e. The lowest BCUT2D eigenvalue weighted by Crippen LogP contribution is -2.26. The van der Waals surface area contributed by atoms with Crippen LogP contribution in [0.15, 0.2) is 35.4 Å². The molecule has 102 valence electrons. The lowest BCUT2D eigenvalue weighted by atomic mass is 10.3. The molecule has 0 aliphatic carbocycles. The van der Waals surface area contributed by atoms with Crippen molar-refractivity contribution in [3.05, 3.63) is 30.3 Å². The summed E-state index contributed by atoms with van der Waals surface area (Å²) >= 11 is 5.17. The number of nitrogens with one attached hydrogen (secondary N) is 1. The highest BCUT2D eigenvalue weighted by molar-refractivity contribution is 7.80. The number of thiocarbonyl (C=S) groups is 1. The van der Waals surface area contributed by atoms with Gasteiger partial charge >= 0.3 is 5.97 Å². The van der Waals surface area contributed by atoms with E-state index in [0.717, 1.165) is 5.69 Å². The maximum atomic E-state index is 11.1. The Morgan fingerprint density at radius 3 is 2.79 bits per heavy atom. The van der Waals surface area contributed by atoms with E-state index in [1.807, 2.05) is 30.3 Å². The lowest BCUT2D eigenvalue weighted by molar-refractivity contribution is -0.141. The summed E-state index contributed by atoms with van der Waals surface area (Å²) in [4.78, 5) is 11.1. The summed E-state index contributed by atoms with van der Waals surface area (Å²) in [5.41, 5.74) is 0.889. The van der Waals surface area contributed by atoms with Gasteiger partial charge < -0.3 is 10.1 Å². The van der Waals surface area contributed by atoms with Crippen LogP contribution in [0.1, 0.15) is 13.3 Å². The molecule has 6 heteroatoms. The quantitative estimate of drug-likeness (QED) is 0.388. The number of carbonyl (C=O) groups is 1. The summed E-state index contributed by atoms with van der Waals surface area (Å²) in [5.74, 6) is -0.304. The van der Waals surface area contributed by atoms with E-state index in [0.29, 0.717) is 11.7 Å². The van der Waals surface area contributed by atoms with Crippen molar-refractivity contribution in [2.45, 2.75) is 13.3 Å². The van der Waals surface area contributed by atoms with Crippen LogP contribution in [0.5, 0.6) is 0 Å². The molecule has 1 rings (SSSR count). The van der Waals surface area contributed by atoms with E-state index in [1.165, 1.54) is 11.2 Å². The van der Waals surface area contributed by atoms with Gasteiger partial charge in [0, 0.05) is 18.9 Å². The predicted molar refractivity (Wildman–Crippen MR) is 80.2 cm³/mol. The van der Waals surface area contributed by atoms with Crippen LogP contribution < -0.4 is 5.32 Å². The van der Waals surface area contributed by atoms with E-state index in [-0.39, 0.29) is 12.4 Å². The first-order chi connectivity index (χ1) is 9.13. The fourth-order valence-electron chi connectivity index (χ4n) is 1.24. The molecule has 19 heavy (non-hydrogen) atoms. The highest BCUT2D eigenvalue weighted by atomic mass is 32.1. The molecule has 0 radical (unpaired) electrons. The number of benzene rings is 1. The van der Waals surface area contributed by atoms with Crippen molar-refractivity contribution in [1.29, 1.82) is 0 Å². The van der Waals surface area contributed by atoms with Gasteiger partial charge in [-0.15, -0.1) is 0 Å². The molecule has 0 aromatic heterocycles. The number of carbonyl (C=O) groups excluding carboxylic acids is 1. The van der Waals surface area contributed by atoms with Crippen molar-refractivity contribution in [1.82, 2.24) is 5.01 Å². The van der Waals surface area contributed by atoms with Crippen molar-refractivity contribution in [3.63, 3.8) is 0 Å². The standard InChI is InChI=1S/C13H17N3O2S/c1-3-18-12(17)9-10-14-16(2)13(19)15-11-7-5-4-6-8-11/h4-8,10H,3,9H2,1-2H3,(H,15,19)/b14-10+. The molecule has 0 saturated heterocycles. The van der Waals surface area contributed by atoms with E-state index in [4.69, 9.17) is 17.0 Å². The van der Waals surface area contributed by atoms with Gasteiger partial charge in [-0.1, -0.05) is 18.2 Å². The third-order valence-electron chi connectivity index (χ3n) is 2.14. The third kappa shape index (κ3) is 5.96. The maximum absolute atomic E-state index is 11.1. The Balaban J connectivity index is 2.40. The fourth-order valence-corrected chi connectivity index (χ4v) is 1.40. The average Bonchev–Trinajstić information content (AvgIpc) is 2.40. The first-order valence-corrected chi connectivity index (χ1v) is 6.32. The van der Waals surface area contributed by atoms with Gasteiger partial charge in [-0.3, -0.25) is 4.79 Å². The molecule has 0 spiro atoms. The molecule has 0 aliphatic heterocycles. The molecule has 1 N–H and O–H groups in total.